The molecule has 2 rings (SSSR count). The molecular weight excluding hydrogens is 491 g/mol. The predicted molar refractivity (Wildman–Crippen MR) is 133 cm³/mol. The van der Waals surface area contributed by atoms with Crippen molar-refractivity contribution >= 4 is 29.9 Å². The zero-order valence-corrected chi connectivity index (χ0v) is 21.2. The number of aromatic nitrogens is 2. The van der Waals surface area contributed by atoms with Gasteiger partial charge in [-0.2, -0.15) is 4.98 Å². The second-order valence-electron chi connectivity index (χ2n) is 7.77. The van der Waals surface area contributed by atoms with Crippen LogP contribution < -0.4 is 10.6 Å². The van der Waals surface area contributed by atoms with Gasteiger partial charge in [-0.05, 0) is 32.4 Å². The second kappa shape index (κ2) is 14.3. The van der Waals surface area contributed by atoms with Crippen molar-refractivity contribution in [3.05, 3.63) is 47.6 Å². The summed E-state index contributed by atoms with van der Waals surface area (Å²) in [4.78, 5) is 11.1. The van der Waals surface area contributed by atoms with Crippen molar-refractivity contribution in [2.24, 2.45) is 4.99 Å². The summed E-state index contributed by atoms with van der Waals surface area (Å²) in [6.45, 7) is 9.03. The van der Waals surface area contributed by atoms with E-state index in [1.807, 2.05) is 0 Å². The number of benzene rings is 1. The predicted octanol–water partition coefficient (Wildman–Crippen LogP) is 3.82. The van der Waals surface area contributed by atoms with Crippen LogP contribution in [0.25, 0.3) is 0 Å². The van der Waals surface area contributed by atoms with E-state index in [0.717, 1.165) is 50.7 Å². The van der Waals surface area contributed by atoms with E-state index in [-0.39, 0.29) is 24.0 Å². The average molecular weight is 528 g/mol. The summed E-state index contributed by atoms with van der Waals surface area (Å²) in [5.74, 6) is 2.60. The molecule has 0 bridgehead atoms. The molecule has 2 aromatic rings. The smallest absolute Gasteiger partial charge is 0.226 e. The van der Waals surface area contributed by atoms with Gasteiger partial charge < -0.3 is 15.2 Å². The highest BCUT2D eigenvalue weighted by molar-refractivity contribution is 14.0. The van der Waals surface area contributed by atoms with Crippen LogP contribution in [0, 0.1) is 0 Å². The van der Waals surface area contributed by atoms with Gasteiger partial charge in [-0.15, -0.1) is 24.0 Å². The molecule has 1 aromatic heterocycles. The first-order chi connectivity index (χ1) is 14.0. The number of nitrogens with zero attached hydrogens (tertiary/aromatic N) is 4. The molecular formula is C22H37IN6O. The third kappa shape index (κ3) is 9.42. The fraction of sp³-hybridized carbons (Fsp3) is 0.591. The molecule has 1 heterocycles. The van der Waals surface area contributed by atoms with Crippen LogP contribution in [0.1, 0.15) is 56.8 Å². The Morgan fingerprint density at radius 3 is 2.47 bits per heavy atom. The quantitative estimate of drug-likeness (QED) is 0.200. The third-order valence-corrected chi connectivity index (χ3v) is 4.97. The van der Waals surface area contributed by atoms with Crippen molar-refractivity contribution in [1.82, 2.24) is 25.7 Å². The Kier molecular flexibility index (Phi) is 12.6. The van der Waals surface area contributed by atoms with Crippen molar-refractivity contribution < 1.29 is 4.52 Å². The molecule has 2 N–H and O–H groups in total. The number of aliphatic imine (C=N–C) groups is 1. The molecule has 0 spiro atoms. The Labute approximate surface area is 198 Å². The maximum atomic E-state index is 5.28. The van der Waals surface area contributed by atoms with E-state index in [1.165, 1.54) is 5.56 Å². The van der Waals surface area contributed by atoms with Crippen LogP contribution in [0.3, 0.4) is 0 Å². The first kappa shape index (κ1) is 26.4. The van der Waals surface area contributed by atoms with Gasteiger partial charge in [0.1, 0.15) is 0 Å². The van der Waals surface area contributed by atoms with E-state index in [9.17, 15) is 0 Å². The van der Waals surface area contributed by atoms with Crippen LogP contribution in [0.5, 0.6) is 0 Å². The average Bonchev–Trinajstić information content (AvgIpc) is 3.19. The number of rotatable bonds is 11. The minimum atomic E-state index is 0. The molecule has 0 saturated heterocycles. The molecule has 168 valence electrons. The molecule has 1 unspecified atom stereocenters. The lowest BCUT2D eigenvalue weighted by Gasteiger charge is -2.25. The van der Waals surface area contributed by atoms with Gasteiger partial charge in [-0.25, -0.2) is 0 Å². The Morgan fingerprint density at radius 1 is 1.13 bits per heavy atom. The maximum Gasteiger partial charge on any atom is 0.226 e. The molecule has 8 heteroatoms. The highest BCUT2D eigenvalue weighted by Gasteiger charge is 2.11. The van der Waals surface area contributed by atoms with Gasteiger partial charge in [-0.1, -0.05) is 49.3 Å². The van der Waals surface area contributed by atoms with Crippen LogP contribution in [0.4, 0.5) is 0 Å². The van der Waals surface area contributed by atoms with E-state index < -0.39 is 0 Å². The molecule has 0 aliphatic rings. The van der Waals surface area contributed by atoms with Crippen LogP contribution in [0.15, 0.2) is 39.8 Å². The Hall–Kier alpha value is -1.68. The highest BCUT2D eigenvalue weighted by Crippen LogP contribution is 2.10. The van der Waals surface area contributed by atoms with Crippen molar-refractivity contribution in [2.75, 3.05) is 27.2 Å². The van der Waals surface area contributed by atoms with Gasteiger partial charge in [0.15, 0.2) is 11.8 Å². The molecule has 30 heavy (non-hydrogen) atoms. The van der Waals surface area contributed by atoms with Crippen molar-refractivity contribution in [2.45, 2.75) is 58.5 Å². The first-order valence-electron chi connectivity index (χ1n) is 10.5. The van der Waals surface area contributed by atoms with Crippen LogP contribution in [-0.2, 0) is 13.0 Å². The molecule has 1 atom stereocenters. The van der Waals surface area contributed by atoms with E-state index >= 15 is 0 Å². The van der Waals surface area contributed by atoms with Gasteiger partial charge in [0.2, 0.25) is 5.89 Å². The molecule has 0 aliphatic carbocycles. The molecule has 1 aromatic carbocycles. The summed E-state index contributed by atoms with van der Waals surface area (Å²) >= 11 is 0. The number of halogens is 1. The lowest BCUT2D eigenvalue weighted by Crippen LogP contribution is -2.40. The zero-order chi connectivity index (χ0) is 21.1. The number of hydrogen-bond donors (Lipinski definition) is 2. The second-order valence-corrected chi connectivity index (χ2v) is 7.77. The standard InChI is InChI=1S/C22H36N6O.HI/c1-17(2)21-26-20(29-27-21)12-9-14-24-22(23-4)25-15-13-18(3)28(5)16-19-10-7-6-8-11-19;/h6-8,10-11,17-18H,9,12-16H2,1-5H3,(H2,23,24,25);1H. The normalized spacial score (nSPS) is 12.7. The van der Waals surface area contributed by atoms with E-state index in [4.69, 9.17) is 4.52 Å². The van der Waals surface area contributed by atoms with Gasteiger partial charge >= 0.3 is 0 Å². The number of hydrogen-bond acceptors (Lipinski definition) is 5. The highest BCUT2D eigenvalue weighted by atomic mass is 127. The molecule has 0 amide bonds. The zero-order valence-electron chi connectivity index (χ0n) is 18.9. The summed E-state index contributed by atoms with van der Waals surface area (Å²) in [7, 11) is 3.97. The van der Waals surface area contributed by atoms with E-state index in [2.05, 4.69) is 88.8 Å². The number of guanidine groups is 1. The SMILES string of the molecule is CN=C(NCCCc1nc(C(C)C)no1)NCCC(C)N(C)Cc1ccccc1.I. The van der Waals surface area contributed by atoms with Crippen LogP contribution in [-0.4, -0.2) is 54.2 Å². The minimum absolute atomic E-state index is 0. The van der Waals surface area contributed by atoms with Gasteiger partial charge in [-0.3, -0.25) is 9.89 Å². The minimum Gasteiger partial charge on any atom is -0.356 e. The van der Waals surface area contributed by atoms with E-state index in [1.54, 1.807) is 7.05 Å². The molecule has 0 saturated carbocycles. The Bertz CT molecular complexity index is 734. The Morgan fingerprint density at radius 2 is 1.83 bits per heavy atom. The number of aryl methyl sites for hydroxylation is 1. The van der Waals surface area contributed by atoms with Gasteiger partial charge in [0.05, 0.1) is 0 Å². The maximum absolute atomic E-state index is 5.28. The molecule has 0 aliphatic heterocycles. The monoisotopic (exact) mass is 528 g/mol. The summed E-state index contributed by atoms with van der Waals surface area (Å²) in [5.41, 5.74) is 1.34. The van der Waals surface area contributed by atoms with Crippen LogP contribution >= 0.6 is 24.0 Å². The topological polar surface area (TPSA) is 78.6 Å². The Balaban J connectivity index is 0.00000450. The first-order valence-corrected chi connectivity index (χ1v) is 10.5. The largest absolute Gasteiger partial charge is 0.356 e. The van der Waals surface area contributed by atoms with Gasteiger partial charge in [0, 0.05) is 45.1 Å². The lowest BCUT2D eigenvalue weighted by molar-refractivity contribution is 0.238. The van der Waals surface area contributed by atoms with E-state index in [0.29, 0.717) is 17.9 Å². The number of nitrogens with one attached hydrogen (secondary N) is 2. The van der Waals surface area contributed by atoms with Crippen molar-refractivity contribution in [3.63, 3.8) is 0 Å². The molecule has 7 nitrogen and oxygen atoms in total. The fourth-order valence-electron chi connectivity index (χ4n) is 2.92. The molecule has 0 radical (unpaired) electrons. The lowest BCUT2D eigenvalue weighted by atomic mass is 10.1. The summed E-state index contributed by atoms with van der Waals surface area (Å²) < 4.78 is 5.28. The van der Waals surface area contributed by atoms with Crippen molar-refractivity contribution in [3.8, 4) is 0 Å². The van der Waals surface area contributed by atoms with Crippen molar-refractivity contribution in [1.29, 1.82) is 0 Å². The summed E-state index contributed by atoms with van der Waals surface area (Å²) in [5, 5.41) is 10.7. The van der Waals surface area contributed by atoms with Gasteiger partial charge in [0.25, 0.3) is 0 Å². The third-order valence-electron chi connectivity index (χ3n) is 4.97. The summed E-state index contributed by atoms with van der Waals surface area (Å²) in [6, 6.07) is 11.1. The summed E-state index contributed by atoms with van der Waals surface area (Å²) in [6.07, 6.45) is 2.73. The molecule has 0 fully saturated rings. The fourth-order valence-corrected chi connectivity index (χ4v) is 2.92. The van der Waals surface area contributed by atoms with Crippen LogP contribution in [0.2, 0.25) is 0 Å².